The lowest BCUT2D eigenvalue weighted by atomic mass is 10.1. The summed E-state index contributed by atoms with van der Waals surface area (Å²) in [5, 5.41) is 3.13. The third-order valence-corrected chi connectivity index (χ3v) is 5.26. The van der Waals surface area contributed by atoms with Gasteiger partial charge in [0.05, 0.1) is 24.0 Å². The van der Waals surface area contributed by atoms with E-state index < -0.39 is 0 Å². The summed E-state index contributed by atoms with van der Waals surface area (Å²) in [5.41, 5.74) is 8.29. The van der Waals surface area contributed by atoms with Crippen LogP contribution in [-0.4, -0.2) is 35.8 Å². The molecule has 0 unspecified atom stereocenters. The first-order valence-electron chi connectivity index (χ1n) is 9.85. The van der Waals surface area contributed by atoms with Gasteiger partial charge in [-0.2, -0.15) is 0 Å². The molecule has 0 aliphatic rings. The first kappa shape index (κ1) is 19.0. The van der Waals surface area contributed by atoms with Gasteiger partial charge in [0.2, 0.25) is 0 Å². The van der Waals surface area contributed by atoms with Crippen molar-refractivity contribution >= 4 is 56.3 Å². The van der Waals surface area contributed by atoms with Crippen molar-refractivity contribution in [2.75, 3.05) is 13.2 Å². The molecule has 6 nitrogen and oxygen atoms in total. The Hall–Kier alpha value is -3.94. The molecule has 31 heavy (non-hydrogen) atoms. The Balaban J connectivity index is 1.65. The van der Waals surface area contributed by atoms with E-state index in [0.29, 0.717) is 25.3 Å². The quantitative estimate of drug-likeness (QED) is 0.205. The molecule has 0 saturated carbocycles. The number of H-pyrrole nitrogens is 2. The first-order valence-corrected chi connectivity index (χ1v) is 9.85. The number of aromatic amines is 2. The zero-order valence-electron chi connectivity index (χ0n) is 16.5. The van der Waals surface area contributed by atoms with Crippen LogP contribution in [0.5, 0.6) is 5.75 Å². The Kier molecular flexibility index (Phi) is 4.74. The maximum atomic E-state index is 13.9. The van der Waals surface area contributed by atoms with Crippen molar-refractivity contribution in [1.29, 1.82) is 0 Å². The van der Waals surface area contributed by atoms with Crippen LogP contribution in [0.3, 0.4) is 0 Å². The zero-order chi connectivity index (χ0) is 21.4. The third-order valence-electron chi connectivity index (χ3n) is 5.26. The number of nitrogens with one attached hydrogen (secondary N) is 2. The van der Waals surface area contributed by atoms with Crippen LogP contribution in [0.4, 0.5) is 8.78 Å². The molecular formula is C23H19F2N5O. The predicted octanol–water partition coefficient (Wildman–Crippen LogP) is 5.02. The van der Waals surface area contributed by atoms with Gasteiger partial charge in [0, 0.05) is 45.5 Å². The molecule has 0 bridgehead atoms. The normalized spacial score (nSPS) is 12.5. The van der Waals surface area contributed by atoms with Crippen LogP contribution in [-0.2, 0) is 0 Å². The van der Waals surface area contributed by atoms with Crippen LogP contribution in [0.25, 0.3) is 43.6 Å². The largest absolute Gasteiger partial charge is 0.489 e. The highest BCUT2D eigenvalue weighted by molar-refractivity contribution is 6.20. The maximum absolute atomic E-state index is 13.9. The maximum Gasteiger partial charge on any atom is 0.167 e. The molecule has 3 aromatic carbocycles. The molecule has 2 aromatic heterocycles. The minimum Gasteiger partial charge on any atom is -0.489 e. The van der Waals surface area contributed by atoms with Gasteiger partial charge in [0.25, 0.3) is 0 Å². The molecule has 0 saturated heterocycles. The number of nitrogens with two attached hydrogens (primary N) is 1. The van der Waals surface area contributed by atoms with Gasteiger partial charge >= 0.3 is 0 Å². The van der Waals surface area contributed by atoms with E-state index in [1.807, 2.05) is 6.07 Å². The molecule has 8 heteroatoms. The smallest absolute Gasteiger partial charge is 0.167 e. The van der Waals surface area contributed by atoms with E-state index in [9.17, 15) is 8.78 Å². The number of hydrogen-bond donors (Lipinski definition) is 3. The highest BCUT2D eigenvalue weighted by atomic mass is 19.1. The summed E-state index contributed by atoms with van der Waals surface area (Å²) < 4.78 is 34.1. The first-order chi connectivity index (χ1) is 15.2. The number of hydrogen-bond acceptors (Lipinski definition) is 2. The average Bonchev–Trinajstić information content (AvgIpc) is 3.30. The summed E-state index contributed by atoms with van der Waals surface area (Å²) in [6.45, 7) is 0.942. The molecule has 0 radical (unpaired) electrons. The molecule has 0 atom stereocenters. The van der Waals surface area contributed by atoms with E-state index >= 15 is 0 Å². The van der Waals surface area contributed by atoms with Crippen molar-refractivity contribution in [3.05, 3.63) is 54.1 Å². The lowest BCUT2D eigenvalue weighted by Gasteiger charge is -2.08. The molecule has 0 amide bonds. The summed E-state index contributed by atoms with van der Waals surface area (Å²) in [6, 6.07) is 11.2. The van der Waals surface area contributed by atoms with Gasteiger partial charge in [-0.25, -0.2) is 13.8 Å². The van der Waals surface area contributed by atoms with Crippen LogP contribution in [0.1, 0.15) is 6.42 Å². The van der Waals surface area contributed by atoms with Crippen LogP contribution >= 0.6 is 0 Å². The monoisotopic (exact) mass is 419 g/mol. The van der Waals surface area contributed by atoms with Crippen LogP contribution < -0.4 is 10.5 Å². The Morgan fingerprint density at radius 3 is 2.06 bits per heavy atom. The van der Waals surface area contributed by atoms with Crippen molar-refractivity contribution in [2.45, 2.75) is 6.42 Å². The highest BCUT2D eigenvalue weighted by Crippen LogP contribution is 2.41. The molecule has 4 N–H and O–H groups in total. The molecule has 156 valence electrons. The standard InChI is InChI=1S/C23H19F2N5O/c24-13-2-4-19-15(8-13)17-10-18-16-9-14(25)3-5-20(16)30-22(18)23(21(17)29-19)31-7-1-6-27-12-28-11-26/h2-5,8-12,29-30H,1,6-7H2,(H2,26,27,28). The van der Waals surface area contributed by atoms with Gasteiger partial charge < -0.3 is 20.4 Å². The number of benzene rings is 3. The second-order valence-corrected chi connectivity index (χ2v) is 7.20. The summed E-state index contributed by atoms with van der Waals surface area (Å²) in [5.74, 6) is -0.0254. The lowest BCUT2D eigenvalue weighted by molar-refractivity contribution is 0.320. The summed E-state index contributed by atoms with van der Waals surface area (Å²) >= 11 is 0. The molecule has 5 aromatic rings. The number of nitrogens with zero attached hydrogens (tertiary/aromatic N) is 2. The number of ether oxygens (including phenoxy) is 1. The molecule has 0 spiro atoms. The van der Waals surface area contributed by atoms with E-state index in [1.165, 1.54) is 36.9 Å². The molecular weight excluding hydrogens is 400 g/mol. The van der Waals surface area contributed by atoms with E-state index in [4.69, 9.17) is 10.5 Å². The fraction of sp³-hybridized carbons (Fsp3) is 0.130. The number of rotatable bonds is 6. The number of halogens is 2. The second-order valence-electron chi connectivity index (χ2n) is 7.20. The van der Waals surface area contributed by atoms with E-state index in [0.717, 1.165) is 43.6 Å². The molecule has 2 heterocycles. The Bertz CT molecular complexity index is 1390. The van der Waals surface area contributed by atoms with Gasteiger partial charge in [-0.05, 0) is 42.5 Å². The SMILES string of the molecule is NC=NC=NCCCOc1c2[nH]c3ccc(F)cc3c2cc2c1[nH]c1ccc(F)cc12. The topological polar surface area (TPSA) is 91.5 Å². The van der Waals surface area contributed by atoms with Crippen LogP contribution in [0.15, 0.2) is 52.4 Å². The highest BCUT2D eigenvalue weighted by Gasteiger charge is 2.18. The van der Waals surface area contributed by atoms with Crippen molar-refractivity contribution in [3.8, 4) is 5.75 Å². The Morgan fingerprint density at radius 1 is 0.871 bits per heavy atom. The fourth-order valence-corrected chi connectivity index (χ4v) is 3.92. The van der Waals surface area contributed by atoms with Crippen molar-refractivity contribution in [2.24, 2.45) is 15.7 Å². The van der Waals surface area contributed by atoms with Crippen molar-refractivity contribution in [1.82, 2.24) is 9.97 Å². The summed E-state index contributed by atoms with van der Waals surface area (Å²) in [7, 11) is 0. The van der Waals surface area contributed by atoms with Gasteiger partial charge in [0.1, 0.15) is 18.0 Å². The van der Waals surface area contributed by atoms with Gasteiger partial charge in [-0.1, -0.05) is 0 Å². The average molecular weight is 419 g/mol. The number of fused-ring (bicyclic) bond motifs is 6. The second kappa shape index (κ2) is 7.71. The number of aliphatic imine (C=N–C) groups is 2. The van der Waals surface area contributed by atoms with Gasteiger partial charge in [-0.15, -0.1) is 0 Å². The molecule has 0 fully saturated rings. The summed E-state index contributed by atoms with van der Waals surface area (Å²) in [4.78, 5) is 14.5. The van der Waals surface area contributed by atoms with Crippen LogP contribution in [0.2, 0.25) is 0 Å². The third kappa shape index (κ3) is 3.35. The minimum atomic E-state index is -0.320. The molecule has 0 aliphatic heterocycles. The van der Waals surface area contributed by atoms with Gasteiger partial charge in [-0.3, -0.25) is 4.99 Å². The Labute approximate surface area is 175 Å². The van der Waals surface area contributed by atoms with E-state index in [2.05, 4.69) is 20.0 Å². The lowest BCUT2D eigenvalue weighted by Crippen LogP contribution is -2.00. The predicted molar refractivity (Wildman–Crippen MR) is 121 cm³/mol. The van der Waals surface area contributed by atoms with E-state index in [1.54, 1.807) is 12.1 Å². The molecule has 0 aliphatic carbocycles. The minimum absolute atomic E-state index is 0.320. The van der Waals surface area contributed by atoms with Gasteiger partial charge in [0.15, 0.2) is 5.75 Å². The van der Waals surface area contributed by atoms with E-state index in [-0.39, 0.29) is 11.6 Å². The Morgan fingerprint density at radius 2 is 1.48 bits per heavy atom. The number of aromatic nitrogens is 2. The van der Waals surface area contributed by atoms with Crippen LogP contribution in [0, 0.1) is 11.6 Å². The fourth-order valence-electron chi connectivity index (χ4n) is 3.92. The van der Waals surface area contributed by atoms with Crippen molar-refractivity contribution < 1.29 is 13.5 Å². The summed E-state index contributed by atoms with van der Waals surface area (Å²) in [6.07, 6.45) is 3.24. The zero-order valence-corrected chi connectivity index (χ0v) is 16.5. The van der Waals surface area contributed by atoms with Crippen molar-refractivity contribution in [3.63, 3.8) is 0 Å². The molecule has 5 rings (SSSR count).